The molecule has 0 N–H and O–H groups in total. The first-order chi connectivity index (χ1) is 42.6. The van der Waals surface area contributed by atoms with Gasteiger partial charge >= 0.3 is 0 Å². The highest BCUT2D eigenvalue weighted by Gasteiger charge is 2.38. The van der Waals surface area contributed by atoms with Crippen LogP contribution in [0.3, 0.4) is 0 Å². The Morgan fingerprint density at radius 1 is 0.200 bits per heavy atom. The molecule has 0 aromatic heterocycles. The zero-order chi connectivity index (χ0) is 63.5. The van der Waals surface area contributed by atoms with E-state index in [0.29, 0.717) is 0 Å². The molecule has 0 unspecified atom stereocenters. The van der Waals surface area contributed by atoms with Crippen LogP contribution in [0.5, 0.6) is 0 Å². The third kappa shape index (κ3) is 11.0. The van der Waals surface area contributed by atoms with E-state index in [-0.39, 0.29) is 32.5 Å². The van der Waals surface area contributed by atoms with Crippen molar-refractivity contribution in [2.24, 2.45) is 0 Å². The number of fused-ring (bicyclic) bond motifs is 6. The summed E-state index contributed by atoms with van der Waals surface area (Å²) in [5.74, 6) is 0. The molecule has 11 aromatic carbocycles. The van der Waals surface area contributed by atoms with Crippen molar-refractivity contribution >= 4 is 34.1 Å². The minimum atomic E-state index is -0.173. The summed E-state index contributed by atoms with van der Waals surface area (Å²) in [5, 5.41) is 0. The van der Waals surface area contributed by atoms with Crippen molar-refractivity contribution in [2.75, 3.05) is 9.80 Å². The summed E-state index contributed by atoms with van der Waals surface area (Å²) < 4.78 is 0. The van der Waals surface area contributed by atoms with Gasteiger partial charge in [-0.3, -0.25) is 0 Å². The normalized spacial score (nSPS) is 14.0. The Morgan fingerprint density at radius 3 is 0.533 bits per heavy atom. The first kappa shape index (κ1) is 60.0. The first-order valence-electron chi connectivity index (χ1n) is 32.5. The van der Waals surface area contributed by atoms with Crippen molar-refractivity contribution in [3.63, 3.8) is 0 Å². The van der Waals surface area contributed by atoms with Crippen LogP contribution in [0.1, 0.15) is 155 Å². The van der Waals surface area contributed by atoms with E-state index in [9.17, 15) is 0 Å². The maximum absolute atomic E-state index is 2.45. The molecule has 0 saturated carbocycles. The van der Waals surface area contributed by atoms with Crippen molar-refractivity contribution in [1.82, 2.24) is 0 Å². The van der Waals surface area contributed by atoms with E-state index in [4.69, 9.17) is 0 Å². The average molecular weight is 1170 g/mol. The lowest BCUT2D eigenvalue weighted by Gasteiger charge is -2.28. The Bertz CT molecular complexity index is 4060. The molecule has 0 heterocycles. The number of benzene rings is 11. The van der Waals surface area contributed by atoms with Gasteiger partial charge in [-0.25, -0.2) is 0 Å². The highest BCUT2D eigenvalue weighted by Crippen LogP contribution is 2.53. The zero-order valence-electron chi connectivity index (χ0n) is 56.0. The van der Waals surface area contributed by atoms with Crippen LogP contribution in [0.25, 0.3) is 66.8 Å². The van der Waals surface area contributed by atoms with Crippen molar-refractivity contribution in [3.8, 4) is 66.8 Å². The molecule has 0 saturated heterocycles. The molecule has 2 aliphatic rings. The molecule has 450 valence electrons. The van der Waals surface area contributed by atoms with Gasteiger partial charge in [0.2, 0.25) is 0 Å². The average Bonchev–Trinajstić information content (AvgIpc) is 1.59. The molecule has 11 aromatic rings. The maximum atomic E-state index is 2.45. The summed E-state index contributed by atoms with van der Waals surface area (Å²) in [4.78, 5) is 4.77. The Kier molecular flexibility index (Phi) is 14.6. The lowest BCUT2D eigenvalue weighted by molar-refractivity contribution is 0.590. The van der Waals surface area contributed by atoms with Crippen molar-refractivity contribution in [2.45, 2.75) is 143 Å². The standard InChI is InChI=1S/C88H88N2/c1-83(2,3)65-29-41-71(42-30-65)89(72-43-31-66(32-44-72)84(4,5)6)69-37-21-59(22-38-69)63-27-51-77-75-49-25-61(53-79(75)87(13,14)81(77)55-63)57-17-19-58(20-18-57)62-26-50-76-78-52-28-64(56-82(78)88(15,16)80(76)54-62)60-23-39-70(40-24-60)90(73-45-33-67(34-46-73)85(7,8)9)74-47-35-68(36-48-74)86(10,11)12/h17-56H,1-16H3. The molecule has 0 amide bonds. The maximum Gasteiger partial charge on any atom is 0.0462 e. The number of hydrogen-bond acceptors (Lipinski definition) is 2. The van der Waals surface area contributed by atoms with Gasteiger partial charge in [0.1, 0.15) is 0 Å². The summed E-state index contributed by atoms with van der Waals surface area (Å²) in [7, 11) is 0. The van der Waals surface area contributed by atoms with E-state index in [1.54, 1.807) is 0 Å². The van der Waals surface area contributed by atoms with Gasteiger partial charge in [-0.15, -0.1) is 0 Å². The third-order valence-corrected chi connectivity index (χ3v) is 19.8. The SMILES string of the molecule is CC(C)(C)c1ccc(N(c2ccc(-c3ccc4c(c3)C(C)(C)c3cc(-c5ccc(-c6ccc7c(c6)C(C)(C)c6cc(-c8ccc(N(c9ccc(C(C)(C)C)cc9)c9ccc(C(C)(C)C)cc9)cc8)ccc6-7)cc5)ccc3-4)cc2)c2ccc(C(C)(C)C)cc2)cc1. The largest absolute Gasteiger partial charge is 0.311 e. The van der Waals surface area contributed by atoms with E-state index < -0.39 is 0 Å². The molecular formula is C88H88N2. The Morgan fingerprint density at radius 2 is 0.356 bits per heavy atom. The fourth-order valence-electron chi connectivity index (χ4n) is 14.0. The zero-order valence-corrected chi connectivity index (χ0v) is 56.0. The first-order valence-corrected chi connectivity index (χ1v) is 32.5. The van der Waals surface area contributed by atoms with E-state index in [0.717, 1.165) is 34.1 Å². The Balaban J connectivity index is 0.721. The number of hydrogen-bond donors (Lipinski definition) is 0. The topological polar surface area (TPSA) is 6.48 Å². The van der Waals surface area contributed by atoms with E-state index in [1.807, 2.05) is 0 Å². The van der Waals surface area contributed by atoms with Crippen LogP contribution in [0, 0.1) is 0 Å². The summed E-state index contributed by atoms with van der Waals surface area (Å²) >= 11 is 0. The number of anilines is 6. The van der Waals surface area contributed by atoms with Crippen LogP contribution in [-0.4, -0.2) is 0 Å². The third-order valence-electron chi connectivity index (χ3n) is 19.8. The fourth-order valence-corrected chi connectivity index (χ4v) is 14.0. The quantitative estimate of drug-likeness (QED) is 0.135. The van der Waals surface area contributed by atoms with Crippen LogP contribution in [0.4, 0.5) is 34.1 Å². The molecule has 2 heteroatoms. The Labute approximate surface area is 538 Å². The molecule has 0 aliphatic heterocycles. The molecule has 0 bridgehead atoms. The number of nitrogens with zero attached hydrogens (tertiary/aromatic N) is 2. The summed E-state index contributed by atoms with van der Waals surface area (Å²) in [6, 6.07) is 92.4. The van der Waals surface area contributed by atoms with E-state index in [2.05, 4.69) is 363 Å². The van der Waals surface area contributed by atoms with Gasteiger partial charge in [0.05, 0.1) is 0 Å². The van der Waals surface area contributed by atoms with Gasteiger partial charge in [-0.2, -0.15) is 0 Å². The van der Waals surface area contributed by atoms with Crippen LogP contribution in [0.2, 0.25) is 0 Å². The van der Waals surface area contributed by atoms with Gasteiger partial charge in [0.15, 0.2) is 0 Å². The van der Waals surface area contributed by atoms with Crippen molar-refractivity contribution in [3.05, 3.63) is 287 Å². The van der Waals surface area contributed by atoms with Crippen LogP contribution >= 0.6 is 0 Å². The van der Waals surface area contributed by atoms with Gasteiger partial charge in [0, 0.05) is 45.0 Å². The minimum absolute atomic E-state index is 0.0800. The van der Waals surface area contributed by atoms with Gasteiger partial charge < -0.3 is 9.80 Å². The molecule has 0 fully saturated rings. The highest BCUT2D eigenvalue weighted by atomic mass is 15.1. The van der Waals surface area contributed by atoms with Crippen molar-refractivity contribution in [1.29, 1.82) is 0 Å². The predicted octanol–water partition coefficient (Wildman–Crippen LogP) is 25.1. The summed E-state index contributed by atoms with van der Waals surface area (Å²) in [6.07, 6.45) is 0. The molecule has 0 radical (unpaired) electrons. The number of rotatable bonds is 10. The fraction of sp³-hybridized carbons (Fsp3) is 0.250. The highest BCUT2D eigenvalue weighted by molar-refractivity contribution is 5.89. The monoisotopic (exact) mass is 1170 g/mol. The van der Waals surface area contributed by atoms with Crippen LogP contribution in [0.15, 0.2) is 243 Å². The summed E-state index contributed by atoms with van der Waals surface area (Å²) in [6.45, 7) is 36.9. The second-order valence-corrected chi connectivity index (χ2v) is 30.8. The van der Waals surface area contributed by atoms with E-state index in [1.165, 1.54) is 111 Å². The molecule has 90 heavy (non-hydrogen) atoms. The smallest absolute Gasteiger partial charge is 0.0462 e. The Hall–Kier alpha value is -8.98. The van der Waals surface area contributed by atoms with Crippen LogP contribution in [-0.2, 0) is 32.5 Å². The molecule has 2 aliphatic carbocycles. The van der Waals surface area contributed by atoms with Crippen molar-refractivity contribution < 1.29 is 0 Å². The predicted molar refractivity (Wildman–Crippen MR) is 387 cm³/mol. The molecular weight excluding hydrogens is 1080 g/mol. The van der Waals surface area contributed by atoms with Crippen LogP contribution < -0.4 is 9.80 Å². The lowest BCUT2D eigenvalue weighted by atomic mass is 9.80. The van der Waals surface area contributed by atoms with Gasteiger partial charge in [-0.1, -0.05) is 256 Å². The second kappa shape index (κ2) is 21.9. The van der Waals surface area contributed by atoms with Gasteiger partial charge in [0.25, 0.3) is 0 Å². The van der Waals surface area contributed by atoms with Gasteiger partial charge in [-0.05, 0) is 230 Å². The lowest BCUT2D eigenvalue weighted by Crippen LogP contribution is -2.15. The molecule has 0 atom stereocenters. The summed E-state index contributed by atoms with van der Waals surface area (Å²) in [5.41, 5.74) is 32.8. The van der Waals surface area contributed by atoms with E-state index >= 15 is 0 Å². The second-order valence-electron chi connectivity index (χ2n) is 30.8. The molecule has 0 spiro atoms. The molecule has 13 rings (SSSR count). The minimum Gasteiger partial charge on any atom is -0.311 e. The molecule has 2 nitrogen and oxygen atoms in total.